The highest BCUT2D eigenvalue weighted by molar-refractivity contribution is 5.86. The second-order valence-electron chi connectivity index (χ2n) is 11.1. The summed E-state index contributed by atoms with van der Waals surface area (Å²) in [6.45, 7) is 1.96. The van der Waals surface area contributed by atoms with E-state index in [1.807, 2.05) is 19.3 Å². The molecule has 2 aliphatic carbocycles. The van der Waals surface area contributed by atoms with E-state index in [0.29, 0.717) is 17.9 Å². The summed E-state index contributed by atoms with van der Waals surface area (Å²) in [5, 5.41) is 0. The molecule has 0 aromatic heterocycles. The number of aliphatic imine (C=N–C) groups is 1. The van der Waals surface area contributed by atoms with Crippen molar-refractivity contribution in [3.8, 4) is 0 Å². The Hall–Kier alpha value is -1.95. The number of carbonyl (C=O) groups excluding carboxylic acids is 1. The van der Waals surface area contributed by atoms with E-state index >= 15 is 0 Å². The molecule has 34 heavy (non-hydrogen) atoms. The van der Waals surface area contributed by atoms with Gasteiger partial charge in [0.1, 0.15) is 5.82 Å². The summed E-state index contributed by atoms with van der Waals surface area (Å²) in [5.74, 6) is 0.686. The molecule has 1 aliphatic heterocycles. The van der Waals surface area contributed by atoms with Crippen molar-refractivity contribution in [1.82, 2.24) is 9.80 Å². The minimum absolute atomic E-state index is 0.0671. The van der Waals surface area contributed by atoms with Crippen molar-refractivity contribution in [2.24, 2.45) is 16.8 Å². The molecule has 0 amide bonds. The number of methoxy groups -OCH3 is 1. The van der Waals surface area contributed by atoms with Gasteiger partial charge in [-0.05, 0) is 82.7 Å². The molecule has 1 aromatic carbocycles. The van der Waals surface area contributed by atoms with Crippen LogP contribution in [0.5, 0.6) is 0 Å². The van der Waals surface area contributed by atoms with E-state index in [1.54, 1.807) is 6.07 Å². The van der Waals surface area contributed by atoms with Crippen LogP contribution in [0.25, 0.3) is 0 Å². The number of carbonyl (C=O) groups is 1. The van der Waals surface area contributed by atoms with Gasteiger partial charge in [0.05, 0.1) is 19.5 Å². The van der Waals surface area contributed by atoms with Gasteiger partial charge in [-0.2, -0.15) is 0 Å². The molecule has 4 rings (SSSR count). The maximum atomic E-state index is 13.9. The lowest BCUT2D eigenvalue weighted by molar-refractivity contribution is -0.148. The van der Waals surface area contributed by atoms with Gasteiger partial charge < -0.3 is 14.5 Å². The first-order valence-electron chi connectivity index (χ1n) is 13.2. The molecule has 5 nitrogen and oxygen atoms in total. The number of rotatable bonds is 7. The molecule has 188 valence electrons. The summed E-state index contributed by atoms with van der Waals surface area (Å²) in [6.07, 6.45) is 13.6. The third-order valence-corrected chi connectivity index (χ3v) is 8.70. The number of hydrogen-bond donors (Lipinski definition) is 0. The van der Waals surface area contributed by atoms with Crippen LogP contribution in [0.2, 0.25) is 0 Å². The molecule has 0 spiro atoms. The predicted octanol–water partition coefficient (Wildman–Crippen LogP) is 5.60. The third-order valence-electron chi connectivity index (χ3n) is 8.70. The summed E-state index contributed by atoms with van der Waals surface area (Å²) >= 11 is 0. The maximum absolute atomic E-state index is 13.9. The molecule has 3 aliphatic rings. The normalized spacial score (nSPS) is 31.1. The summed E-state index contributed by atoms with van der Waals surface area (Å²) in [5.41, 5.74) is 0.246. The summed E-state index contributed by atoms with van der Waals surface area (Å²) in [6, 6.07) is 7.86. The fourth-order valence-electron chi connectivity index (χ4n) is 6.86. The minimum Gasteiger partial charge on any atom is -0.467 e. The van der Waals surface area contributed by atoms with Crippen LogP contribution >= 0.6 is 0 Å². The van der Waals surface area contributed by atoms with Crippen molar-refractivity contribution >= 4 is 12.3 Å². The standard InChI is InChI=1S/C28H42FN3O2/c1-28(27(33)34-4)25(32(19-30-28)24-11-6-5-7-12-24)17-20-13-15-21(16-14-20)26(31(2)3)22-9-8-10-23(29)18-22/h8-10,18-21,24-26H,5-7,11-17H2,1-4H3. The van der Waals surface area contributed by atoms with Crippen LogP contribution in [0.4, 0.5) is 4.39 Å². The number of benzene rings is 1. The quantitative estimate of drug-likeness (QED) is 0.486. The Bertz CT molecular complexity index is 861. The van der Waals surface area contributed by atoms with Crippen molar-refractivity contribution in [2.45, 2.75) is 94.8 Å². The highest BCUT2D eigenvalue weighted by atomic mass is 19.1. The summed E-state index contributed by atoms with van der Waals surface area (Å²) in [4.78, 5) is 22.2. The SMILES string of the molecule is COC(=O)C1(C)N=CN(C2CCCCC2)C1CC1CCC(C(c2cccc(F)c2)N(C)C)CC1. The van der Waals surface area contributed by atoms with E-state index in [0.717, 1.165) is 37.7 Å². The average Bonchev–Trinajstić information content (AvgIpc) is 3.17. The van der Waals surface area contributed by atoms with Gasteiger partial charge in [-0.1, -0.05) is 44.2 Å². The average molecular weight is 472 g/mol. The topological polar surface area (TPSA) is 45.1 Å². The fourth-order valence-corrected chi connectivity index (χ4v) is 6.86. The van der Waals surface area contributed by atoms with Crippen molar-refractivity contribution in [3.05, 3.63) is 35.6 Å². The maximum Gasteiger partial charge on any atom is 0.335 e. The molecule has 0 bridgehead atoms. The zero-order chi connectivity index (χ0) is 24.3. The molecule has 0 N–H and O–H groups in total. The predicted molar refractivity (Wildman–Crippen MR) is 134 cm³/mol. The van der Waals surface area contributed by atoms with Crippen molar-refractivity contribution in [3.63, 3.8) is 0 Å². The highest BCUT2D eigenvalue weighted by Crippen LogP contribution is 2.43. The van der Waals surface area contributed by atoms with Crippen LogP contribution in [0.15, 0.2) is 29.3 Å². The van der Waals surface area contributed by atoms with Crippen LogP contribution in [0, 0.1) is 17.7 Å². The van der Waals surface area contributed by atoms with E-state index in [-0.39, 0.29) is 23.9 Å². The van der Waals surface area contributed by atoms with Gasteiger partial charge in [0.25, 0.3) is 0 Å². The first-order valence-corrected chi connectivity index (χ1v) is 13.2. The first kappa shape index (κ1) is 25.2. The van der Waals surface area contributed by atoms with Gasteiger partial charge in [-0.25, -0.2) is 9.18 Å². The number of hydrogen-bond acceptors (Lipinski definition) is 5. The van der Waals surface area contributed by atoms with Crippen LogP contribution in [-0.2, 0) is 9.53 Å². The van der Waals surface area contributed by atoms with Crippen molar-refractivity contribution in [2.75, 3.05) is 21.2 Å². The third kappa shape index (κ3) is 5.17. The molecule has 0 saturated heterocycles. The van der Waals surface area contributed by atoms with Crippen LogP contribution in [0.3, 0.4) is 0 Å². The monoisotopic (exact) mass is 471 g/mol. The molecule has 1 aromatic rings. The highest BCUT2D eigenvalue weighted by Gasteiger charge is 2.50. The lowest BCUT2D eigenvalue weighted by Gasteiger charge is -2.43. The summed E-state index contributed by atoms with van der Waals surface area (Å²) in [7, 11) is 5.67. The zero-order valence-electron chi connectivity index (χ0n) is 21.4. The van der Waals surface area contributed by atoms with Crippen LogP contribution < -0.4 is 0 Å². The van der Waals surface area contributed by atoms with Gasteiger partial charge in [0.2, 0.25) is 0 Å². The van der Waals surface area contributed by atoms with Crippen molar-refractivity contribution < 1.29 is 13.9 Å². The number of halogens is 1. The van der Waals surface area contributed by atoms with E-state index in [2.05, 4.69) is 30.0 Å². The molecule has 2 saturated carbocycles. The molecule has 3 atom stereocenters. The molecule has 2 fully saturated rings. The Balaban J connectivity index is 1.45. The van der Waals surface area contributed by atoms with Crippen molar-refractivity contribution in [1.29, 1.82) is 0 Å². The van der Waals surface area contributed by atoms with Crippen LogP contribution in [0.1, 0.15) is 82.7 Å². The Morgan fingerprint density at radius 1 is 1.18 bits per heavy atom. The minimum atomic E-state index is -0.823. The lowest BCUT2D eigenvalue weighted by Crippen LogP contribution is -2.53. The summed E-state index contributed by atoms with van der Waals surface area (Å²) < 4.78 is 19.1. The van der Waals surface area contributed by atoms with Gasteiger partial charge in [-0.3, -0.25) is 4.99 Å². The molecule has 3 unspecified atom stereocenters. The van der Waals surface area contributed by atoms with Crippen LogP contribution in [-0.4, -0.2) is 60.9 Å². The van der Waals surface area contributed by atoms with Gasteiger partial charge in [0.15, 0.2) is 5.54 Å². The zero-order valence-corrected chi connectivity index (χ0v) is 21.4. The number of ether oxygens (including phenoxy) is 1. The molecule has 6 heteroatoms. The Kier molecular flexibility index (Phi) is 7.96. The van der Waals surface area contributed by atoms with E-state index < -0.39 is 5.54 Å². The number of nitrogens with zero attached hydrogens (tertiary/aromatic N) is 3. The fraction of sp³-hybridized carbons (Fsp3) is 0.714. The largest absolute Gasteiger partial charge is 0.467 e. The van der Waals surface area contributed by atoms with Gasteiger partial charge >= 0.3 is 5.97 Å². The Morgan fingerprint density at radius 3 is 2.50 bits per heavy atom. The first-order chi connectivity index (χ1) is 16.3. The van der Waals surface area contributed by atoms with Gasteiger partial charge in [0, 0.05) is 12.1 Å². The smallest absolute Gasteiger partial charge is 0.335 e. The molecule has 1 heterocycles. The molecule has 0 radical (unpaired) electrons. The lowest BCUT2D eigenvalue weighted by atomic mass is 9.72. The Labute approximate surface area is 204 Å². The second-order valence-corrected chi connectivity index (χ2v) is 11.1. The van der Waals surface area contributed by atoms with Gasteiger partial charge in [-0.15, -0.1) is 0 Å². The second kappa shape index (κ2) is 10.8. The molecular formula is C28H42FN3O2. The Morgan fingerprint density at radius 2 is 1.88 bits per heavy atom. The molecular weight excluding hydrogens is 429 g/mol. The van der Waals surface area contributed by atoms with E-state index in [9.17, 15) is 9.18 Å². The van der Waals surface area contributed by atoms with E-state index in [1.165, 1.54) is 45.3 Å². The number of esters is 1. The van der Waals surface area contributed by atoms with E-state index in [4.69, 9.17) is 9.73 Å².